The highest BCUT2D eigenvalue weighted by Gasteiger charge is 2.22. The zero-order valence-electron chi connectivity index (χ0n) is 24.2. The number of hydrazone groups is 1. The second-order valence-corrected chi connectivity index (χ2v) is 10.9. The van der Waals surface area contributed by atoms with Crippen LogP contribution in [-0.2, 0) is 16.2 Å². The Kier molecular flexibility index (Phi) is 12.2. The molecule has 0 radical (unpaired) electrons. The highest BCUT2D eigenvalue weighted by molar-refractivity contribution is 9.10. The number of para-hydroxylation sites is 1. The molecule has 9 heteroatoms. The van der Waals surface area contributed by atoms with E-state index in [1.807, 2.05) is 83.1 Å². The van der Waals surface area contributed by atoms with Crippen LogP contribution in [0, 0.1) is 19.8 Å². The van der Waals surface area contributed by atoms with E-state index in [1.54, 1.807) is 12.1 Å². The third-order valence-corrected chi connectivity index (χ3v) is 6.62. The molecule has 0 aliphatic carbocycles. The first-order chi connectivity index (χ1) is 19.7. The number of nitrogens with zero attached hydrogens (tertiary/aromatic N) is 1. The first-order valence-corrected chi connectivity index (χ1v) is 14.4. The number of ether oxygens (including phenoxy) is 3. The molecule has 218 valence electrons. The average molecular weight is 625 g/mol. The molecule has 0 spiro atoms. The summed E-state index contributed by atoms with van der Waals surface area (Å²) in [5, 5.41) is 6.90. The number of benzene rings is 3. The van der Waals surface area contributed by atoms with Gasteiger partial charge in [-0.3, -0.25) is 9.59 Å². The summed E-state index contributed by atoms with van der Waals surface area (Å²) in [5.74, 6) is 1.14. The van der Waals surface area contributed by atoms with Crippen LogP contribution in [0.1, 0.15) is 49.4 Å². The van der Waals surface area contributed by atoms with Crippen molar-refractivity contribution in [2.45, 2.75) is 53.7 Å². The van der Waals surface area contributed by atoms with Crippen molar-refractivity contribution in [3.8, 4) is 17.2 Å². The fourth-order valence-corrected chi connectivity index (χ4v) is 4.53. The van der Waals surface area contributed by atoms with Gasteiger partial charge in [0.1, 0.15) is 18.4 Å². The van der Waals surface area contributed by atoms with Gasteiger partial charge in [-0.05, 0) is 83.9 Å². The molecule has 0 saturated heterocycles. The Hall–Kier alpha value is -3.85. The summed E-state index contributed by atoms with van der Waals surface area (Å²) in [6, 6.07) is 18.5. The van der Waals surface area contributed by atoms with E-state index in [9.17, 15) is 9.59 Å². The Bertz CT molecular complexity index is 1340. The second-order valence-electron chi connectivity index (χ2n) is 10.1. The summed E-state index contributed by atoms with van der Waals surface area (Å²) >= 11 is 3.57. The molecular weight excluding hydrogens is 586 g/mol. The Labute approximate surface area is 250 Å². The highest BCUT2D eigenvalue weighted by atomic mass is 79.9. The van der Waals surface area contributed by atoms with Crippen LogP contribution in [0.5, 0.6) is 17.2 Å². The lowest BCUT2D eigenvalue weighted by Gasteiger charge is -2.19. The normalized spacial score (nSPS) is 11.8. The number of carbonyl (C=O) groups excluding carboxylic acids is 2. The van der Waals surface area contributed by atoms with Gasteiger partial charge in [0.15, 0.2) is 18.1 Å². The number of hydrogen-bond donors (Lipinski definition) is 2. The van der Waals surface area contributed by atoms with E-state index in [2.05, 4.69) is 31.8 Å². The first kappa shape index (κ1) is 31.7. The predicted molar refractivity (Wildman–Crippen MR) is 165 cm³/mol. The van der Waals surface area contributed by atoms with Crippen molar-refractivity contribution >= 4 is 34.0 Å². The molecule has 3 rings (SSSR count). The lowest BCUT2D eigenvalue weighted by molar-refractivity contribution is -0.130. The van der Waals surface area contributed by atoms with Gasteiger partial charge in [0.25, 0.3) is 11.8 Å². The average Bonchev–Trinajstić information content (AvgIpc) is 2.92. The van der Waals surface area contributed by atoms with Crippen LogP contribution in [0.3, 0.4) is 0 Å². The van der Waals surface area contributed by atoms with Crippen molar-refractivity contribution in [3.63, 3.8) is 0 Å². The molecular formula is C32H38BrN3O5. The van der Waals surface area contributed by atoms with Crippen LogP contribution in [-0.4, -0.2) is 37.3 Å². The number of carbonyl (C=O) groups is 2. The number of hydrogen-bond acceptors (Lipinski definition) is 6. The third kappa shape index (κ3) is 10.2. The maximum absolute atomic E-state index is 12.9. The fraction of sp³-hybridized carbons (Fsp3) is 0.344. The second kappa shape index (κ2) is 15.8. The van der Waals surface area contributed by atoms with Gasteiger partial charge in [-0.1, -0.05) is 61.9 Å². The summed E-state index contributed by atoms with van der Waals surface area (Å²) in [4.78, 5) is 25.5. The van der Waals surface area contributed by atoms with Crippen LogP contribution in [0.15, 0.2) is 70.2 Å². The van der Waals surface area contributed by atoms with E-state index in [0.29, 0.717) is 46.9 Å². The van der Waals surface area contributed by atoms with E-state index < -0.39 is 11.9 Å². The minimum absolute atomic E-state index is 0.171. The van der Waals surface area contributed by atoms with Crippen molar-refractivity contribution in [1.82, 2.24) is 10.7 Å². The minimum atomic E-state index is -0.761. The number of amides is 2. The standard InChI is InChI=1S/C32H38BrN3O5/c1-6-39-29-17-25(16-26(33)31(29)41-19-24-13-11-22(4)12-14-24)18-34-36-32(38)27(15-21(2)3)35-30(37)20-40-28-10-8-7-9-23(28)5/h7-14,16-18,21,27H,6,15,19-20H2,1-5H3,(H,35,37)(H,36,38)/b34-18-/t27-/m1/s1. The maximum Gasteiger partial charge on any atom is 0.262 e. The quantitative estimate of drug-likeness (QED) is 0.167. The Morgan fingerprint density at radius 2 is 1.71 bits per heavy atom. The van der Waals surface area contributed by atoms with Gasteiger partial charge in [0, 0.05) is 0 Å². The first-order valence-electron chi connectivity index (χ1n) is 13.6. The van der Waals surface area contributed by atoms with Crippen molar-refractivity contribution in [2.75, 3.05) is 13.2 Å². The molecule has 8 nitrogen and oxygen atoms in total. The number of halogens is 1. The number of aryl methyl sites for hydroxylation is 2. The van der Waals surface area contributed by atoms with Gasteiger partial charge in [-0.15, -0.1) is 0 Å². The van der Waals surface area contributed by atoms with Crippen molar-refractivity contribution in [3.05, 3.63) is 87.4 Å². The summed E-state index contributed by atoms with van der Waals surface area (Å²) in [6.07, 6.45) is 1.97. The van der Waals surface area contributed by atoms with Crippen LogP contribution in [0.25, 0.3) is 0 Å². The number of nitrogens with one attached hydrogen (secondary N) is 2. The van der Waals surface area contributed by atoms with E-state index in [4.69, 9.17) is 14.2 Å². The van der Waals surface area contributed by atoms with E-state index in [0.717, 1.165) is 11.1 Å². The van der Waals surface area contributed by atoms with Crippen LogP contribution in [0.4, 0.5) is 0 Å². The monoisotopic (exact) mass is 623 g/mol. The molecule has 0 aliphatic heterocycles. The van der Waals surface area contributed by atoms with Crippen molar-refractivity contribution in [2.24, 2.45) is 11.0 Å². The van der Waals surface area contributed by atoms with Gasteiger partial charge in [-0.2, -0.15) is 5.10 Å². The van der Waals surface area contributed by atoms with E-state index in [-0.39, 0.29) is 18.4 Å². The molecule has 0 saturated carbocycles. The van der Waals surface area contributed by atoms with E-state index >= 15 is 0 Å². The largest absolute Gasteiger partial charge is 0.490 e. The zero-order chi connectivity index (χ0) is 29.8. The number of rotatable bonds is 14. The van der Waals surface area contributed by atoms with Crippen molar-refractivity contribution in [1.29, 1.82) is 0 Å². The molecule has 2 N–H and O–H groups in total. The van der Waals surface area contributed by atoms with Gasteiger partial charge in [-0.25, -0.2) is 5.43 Å². The molecule has 0 fully saturated rings. The smallest absolute Gasteiger partial charge is 0.262 e. The van der Waals surface area contributed by atoms with Gasteiger partial charge in [0.05, 0.1) is 17.3 Å². The maximum atomic E-state index is 12.9. The molecule has 3 aromatic carbocycles. The fourth-order valence-electron chi connectivity index (χ4n) is 3.95. The van der Waals surface area contributed by atoms with Crippen LogP contribution >= 0.6 is 15.9 Å². The van der Waals surface area contributed by atoms with E-state index in [1.165, 1.54) is 11.8 Å². The molecule has 0 heterocycles. The summed E-state index contributed by atoms with van der Waals surface area (Å²) in [6.45, 7) is 10.5. The minimum Gasteiger partial charge on any atom is -0.490 e. The van der Waals surface area contributed by atoms with Gasteiger partial charge in [0.2, 0.25) is 0 Å². The summed E-state index contributed by atoms with van der Waals surface area (Å²) < 4.78 is 18.2. The van der Waals surface area contributed by atoms with Gasteiger partial charge >= 0.3 is 0 Å². The van der Waals surface area contributed by atoms with Gasteiger partial charge < -0.3 is 19.5 Å². The lowest BCUT2D eigenvalue weighted by Crippen LogP contribution is -2.47. The third-order valence-electron chi connectivity index (χ3n) is 6.04. The molecule has 41 heavy (non-hydrogen) atoms. The molecule has 2 amide bonds. The summed E-state index contributed by atoms with van der Waals surface area (Å²) in [7, 11) is 0. The SMILES string of the molecule is CCOc1cc(/C=N\NC(=O)[C@@H](CC(C)C)NC(=O)COc2ccccc2C)cc(Br)c1OCc1ccc(C)cc1. The van der Waals surface area contributed by atoms with Crippen LogP contribution < -0.4 is 25.0 Å². The van der Waals surface area contributed by atoms with Crippen molar-refractivity contribution < 1.29 is 23.8 Å². The molecule has 0 aromatic heterocycles. The Morgan fingerprint density at radius 3 is 2.39 bits per heavy atom. The lowest BCUT2D eigenvalue weighted by atomic mass is 10.0. The Morgan fingerprint density at radius 1 is 0.976 bits per heavy atom. The molecule has 0 aliphatic rings. The topological polar surface area (TPSA) is 98.2 Å². The molecule has 0 unspecified atom stereocenters. The summed E-state index contributed by atoms with van der Waals surface area (Å²) in [5.41, 5.74) is 6.40. The molecule has 1 atom stereocenters. The zero-order valence-corrected chi connectivity index (χ0v) is 25.8. The van der Waals surface area contributed by atoms with Crippen LogP contribution in [0.2, 0.25) is 0 Å². The highest BCUT2D eigenvalue weighted by Crippen LogP contribution is 2.37. The molecule has 3 aromatic rings. The molecule has 0 bridgehead atoms. The Balaban J connectivity index is 1.63. The predicted octanol–water partition coefficient (Wildman–Crippen LogP) is 6.10.